The molecule has 2 amide bonds. The number of amides is 2. The monoisotopic (exact) mass is 392 g/mol. The molecule has 150 valence electrons. The van der Waals surface area contributed by atoms with Gasteiger partial charge in [0.05, 0.1) is 17.5 Å². The zero-order valence-corrected chi connectivity index (χ0v) is 16.6. The van der Waals surface area contributed by atoms with Crippen molar-refractivity contribution < 1.29 is 19.5 Å². The van der Waals surface area contributed by atoms with Crippen LogP contribution in [0.1, 0.15) is 31.0 Å². The molecule has 2 fully saturated rings. The van der Waals surface area contributed by atoms with E-state index in [-0.39, 0.29) is 5.91 Å². The van der Waals surface area contributed by atoms with Crippen LogP contribution < -0.4 is 10.2 Å². The fourth-order valence-electron chi connectivity index (χ4n) is 4.90. The number of nitrogens with one attached hydrogen (secondary N) is 1. The van der Waals surface area contributed by atoms with Crippen molar-refractivity contribution in [2.24, 2.45) is 17.8 Å². The van der Waals surface area contributed by atoms with E-state index in [4.69, 9.17) is 0 Å². The number of carboxylic acid groups (broad SMARTS) is 1. The molecule has 2 heterocycles. The molecule has 2 N–H and O–H groups in total. The van der Waals surface area contributed by atoms with E-state index >= 15 is 0 Å². The molecule has 0 radical (unpaired) electrons. The van der Waals surface area contributed by atoms with Crippen molar-refractivity contribution in [3.05, 3.63) is 65.7 Å². The van der Waals surface area contributed by atoms with E-state index in [9.17, 15) is 19.5 Å². The summed E-state index contributed by atoms with van der Waals surface area (Å²) in [4.78, 5) is 40.6. The van der Waals surface area contributed by atoms with Gasteiger partial charge in [-0.25, -0.2) is 4.90 Å². The summed E-state index contributed by atoms with van der Waals surface area (Å²) in [5.41, 5.74) is 0.785. The number of hydrogen-bond acceptors (Lipinski definition) is 4. The molecule has 2 saturated heterocycles. The molecule has 2 aromatic rings. The molecule has 0 saturated carbocycles. The van der Waals surface area contributed by atoms with Crippen molar-refractivity contribution in [1.82, 2.24) is 5.32 Å². The number of imide groups is 1. The van der Waals surface area contributed by atoms with E-state index in [1.54, 1.807) is 38.1 Å². The van der Waals surface area contributed by atoms with Gasteiger partial charge in [-0.1, -0.05) is 61.9 Å². The van der Waals surface area contributed by atoms with Crippen LogP contribution in [0.4, 0.5) is 5.69 Å². The van der Waals surface area contributed by atoms with Gasteiger partial charge in [0.25, 0.3) is 0 Å². The van der Waals surface area contributed by atoms with Gasteiger partial charge in [-0.3, -0.25) is 19.7 Å². The number of aliphatic carboxylic acids is 1. The highest BCUT2D eigenvalue weighted by Gasteiger charge is 2.69. The van der Waals surface area contributed by atoms with Gasteiger partial charge < -0.3 is 5.11 Å². The van der Waals surface area contributed by atoms with Crippen molar-refractivity contribution in [2.45, 2.75) is 32.4 Å². The van der Waals surface area contributed by atoms with Crippen molar-refractivity contribution in [3.63, 3.8) is 0 Å². The molecule has 0 bridgehead atoms. The molecule has 0 spiro atoms. The number of anilines is 1. The topological polar surface area (TPSA) is 86.7 Å². The van der Waals surface area contributed by atoms with E-state index in [0.29, 0.717) is 5.69 Å². The molecule has 0 aliphatic carbocycles. The fraction of sp³-hybridized carbons (Fsp3) is 0.348. The van der Waals surface area contributed by atoms with Crippen molar-refractivity contribution in [3.8, 4) is 0 Å². The van der Waals surface area contributed by atoms with Crippen LogP contribution in [0.3, 0.4) is 0 Å². The van der Waals surface area contributed by atoms with E-state index in [0.717, 1.165) is 11.1 Å². The molecule has 6 heteroatoms. The summed E-state index contributed by atoms with van der Waals surface area (Å²) >= 11 is 0. The lowest BCUT2D eigenvalue weighted by Crippen LogP contribution is -2.59. The van der Waals surface area contributed by atoms with Crippen LogP contribution in [-0.2, 0) is 14.4 Å². The molecule has 29 heavy (non-hydrogen) atoms. The number of hydrogen-bond donors (Lipinski definition) is 2. The Morgan fingerprint density at radius 3 is 2.34 bits per heavy atom. The summed E-state index contributed by atoms with van der Waals surface area (Å²) < 4.78 is 0. The second-order valence-corrected chi connectivity index (χ2v) is 8.22. The summed E-state index contributed by atoms with van der Waals surface area (Å²) in [7, 11) is 0. The second-order valence-electron chi connectivity index (χ2n) is 8.22. The Bertz CT molecular complexity index is 987. The summed E-state index contributed by atoms with van der Waals surface area (Å²) in [5, 5.41) is 13.4. The summed E-state index contributed by atoms with van der Waals surface area (Å²) in [6.07, 6.45) is 0. The second kappa shape index (κ2) is 6.81. The van der Waals surface area contributed by atoms with Gasteiger partial charge in [0, 0.05) is 6.04 Å². The number of aryl methyl sites for hydroxylation is 1. The van der Waals surface area contributed by atoms with E-state index in [2.05, 4.69) is 5.32 Å². The third kappa shape index (κ3) is 2.70. The van der Waals surface area contributed by atoms with Crippen molar-refractivity contribution >= 4 is 23.5 Å². The number of para-hydroxylation sites is 1. The predicted octanol–water partition coefficient (Wildman–Crippen LogP) is 2.92. The molecule has 6 nitrogen and oxygen atoms in total. The zero-order chi connectivity index (χ0) is 20.9. The van der Waals surface area contributed by atoms with Crippen LogP contribution in [0.15, 0.2) is 54.6 Å². The van der Waals surface area contributed by atoms with Crippen LogP contribution >= 0.6 is 0 Å². The first kappa shape index (κ1) is 19.3. The van der Waals surface area contributed by atoms with Gasteiger partial charge in [0.15, 0.2) is 0 Å². The average molecular weight is 392 g/mol. The first-order chi connectivity index (χ1) is 13.8. The van der Waals surface area contributed by atoms with Gasteiger partial charge in [-0.05, 0) is 30.5 Å². The fourth-order valence-corrected chi connectivity index (χ4v) is 4.90. The molecule has 2 aliphatic rings. The van der Waals surface area contributed by atoms with Crippen LogP contribution in [0.5, 0.6) is 0 Å². The maximum atomic E-state index is 13.5. The lowest BCUT2D eigenvalue weighted by Gasteiger charge is -2.34. The summed E-state index contributed by atoms with van der Waals surface area (Å²) in [5.74, 6) is -4.05. The molecule has 2 aromatic carbocycles. The van der Waals surface area contributed by atoms with Gasteiger partial charge in [-0.15, -0.1) is 0 Å². The highest BCUT2D eigenvalue weighted by Crippen LogP contribution is 2.52. The number of carboxylic acids is 1. The number of benzene rings is 2. The molecule has 4 rings (SSSR count). The number of fused-ring (bicyclic) bond motifs is 1. The Balaban J connectivity index is 1.89. The first-order valence-corrected chi connectivity index (χ1v) is 9.79. The summed E-state index contributed by atoms with van der Waals surface area (Å²) in [6.45, 7) is 5.50. The number of rotatable bonds is 4. The van der Waals surface area contributed by atoms with E-state index in [1.807, 2.05) is 37.3 Å². The highest BCUT2D eigenvalue weighted by atomic mass is 16.4. The van der Waals surface area contributed by atoms with Crippen molar-refractivity contribution in [2.75, 3.05) is 4.90 Å². The van der Waals surface area contributed by atoms with E-state index < -0.39 is 41.2 Å². The smallest absolute Gasteiger partial charge is 0.325 e. The largest absolute Gasteiger partial charge is 0.480 e. The molecular weight excluding hydrogens is 368 g/mol. The van der Waals surface area contributed by atoms with Crippen LogP contribution in [-0.4, -0.2) is 28.4 Å². The van der Waals surface area contributed by atoms with Crippen molar-refractivity contribution in [1.29, 1.82) is 0 Å². The Labute approximate surface area is 169 Å². The SMILES string of the molecule is Cc1cccc(C2NC(C(=O)O)(C(C)C)C3C(=O)N(c4ccccc4)C(=O)C23)c1. The number of carbonyl (C=O) groups is 3. The minimum absolute atomic E-state index is 0.353. The average Bonchev–Trinajstić information content (AvgIpc) is 3.18. The number of nitrogens with zero attached hydrogens (tertiary/aromatic N) is 1. The number of carbonyl (C=O) groups excluding carboxylic acids is 2. The molecule has 2 aliphatic heterocycles. The highest BCUT2D eigenvalue weighted by molar-refractivity contribution is 6.24. The van der Waals surface area contributed by atoms with Gasteiger partial charge in [-0.2, -0.15) is 0 Å². The third-order valence-corrected chi connectivity index (χ3v) is 6.28. The standard InChI is InChI=1S/C23H24N2O4/c1-13(2)23(22(28)29)18-17(19(24-23)15-9-7-8-14(3)12-15)20(26)25(21(18)27)16-10-5-4-6-11-16/h4-13,17-19,24H,1-3H3,(H,28,29). The lowest BCUT2D eigenvalue weighted by molar-refractivity contribution is -0.151. The Kier molecular flexibility index (Phi) is 4.54. The minimum atomic E-state index is -1.52. The van der Waals surface area contributed by atoms with Crippen LogP contribution in [0.25, 0.3) is 0 Å². The zero-order valence-electron chi connectivity index (χ0n) is 16.6. The predicted molar refractivity (Wildman–Crippen MR) is 108 cm³/mol. The van der Waals surface area contributed by atoms with Gasteiger partial charge >= 0.3 is 5.97 Å². The third-order valence-electron chi connectivity index (χ3n) is 6.28. The summed E-state index contributed by atoms with van der Waals surface area (Å²) in [6, 6.07) is 15.8. The Morgan fingerprint density at radius 1 is 1.07 bits per heavy atom. The van der Waals surface area contributed by atoms with Gasteiger partial charge in [0.1, 0.15) is 5.54 Å². The van der Waals surface area contributed by atoms with Gasteiger partial charge in [0.2, 0.25) is 11.8 Å². The molecular formula is C23H24N2O4. The Hall–Kier alpha value is -2.99. The Morgan fingerprint density at radius 2 is 1.76 bits per heavy atom. The van der Waals surface area contributed by atoms with E-state index in [1.165, 1.54) is 4.90 Å². The minimum Gasteiger partial charge on any atom is -0.480 e. The molecule has 4 atom stereocenters. The normalized spacial score (nSPS) is 28.8. The lowest BCUT2D eigenvalue weighted by atomic mass is 9.73. The quantitative estimate of drug-likeness (QED) is 0.782. The maximum Gasteiger partial charge on any atom is 0.325 e. The molecule has 4 unspecified atom stereocenters. The van der Waals surface area contributed by atoms with Crippen LogP contribution in [0.2, 0.25) is 0 Å². The van der Waals surface area contributed by atoms with Crippen LogP contribution in [0, 0.1) is 24.7 Å². The maximum absolute atomic E-state index is 13.5. The molecule has 0 aromatic heterocycles. The first-order valence-electron chi connectivity index (χ1n) is 9.79.